The van der Waals surface area contributed by atoms with Crippen LogP contribution < -0.4 is 0 Å². The summed E-state index contributed by atoms with van der Waals surface area (Å²) in [6.45, 7) is 2.31. The fourth-order valence-electron chi connectivity index (χ4n) is 2.83. The summed E-state index contributed by atoms with van der Waals surface area (Å²) < 4.78 is 0. The molecule has 0 unspecified atom stereocenters. The van der Waals surface area contributed by atoms with Crippen molar-refractivity contribution in [2.75, 3.05) is 26.7 Å². The Hall–Kier alpha value is -1.88. The number of rotatable bonds is 5. The fourth-order valence-corrected chi connectivity index (χ4v) is 2.83. The summed E-state index contributed by atoms with van der Waals surface area (Å²) in [7, 11) is 1.56. The Morgan fingerprint density at radius 2 is 2.05 bits per heavy atom. The van der Waals surface area contributed by atoms with Gasteiger partial charge in [0.05, 0.1) is 5.92 Å². The molecule has 5 heteroatoms. The number of amides is 1. The summed E-state index contributed by atoms with van der Waals surface area (Å²) >= 11 is 0. The van der Waals surface area contributed by atoms with E-state index < -0.39 is 5.97 Å². The zero-order valence-corrected chi connectivity index (χ0v) is 12.4. The smallest absolute Gasteiger partial charge is 0.323 e. The number of carbonyl (C=O) groups is 2. The van der Waals surface area contributed by atoms with Crippen LogP contribution in [0.15, 0.2) is 30.3 Å². The second-order valence-electron chi connectivity index (χ2n) is 5.65. The Bertz CT molecular complexity index is 490. The van der Waals surface area contributed by atoms with Gasteiger partial charge in [0.1, 0.15) is 6.54 Å². The van der Waals surface area contributed by atoms with Crippen molar-refractivity contribution < 1.29 is 14.7 Å². The van der Waals surface area contributed by atoms with Gasteiger partial charge in [0, 0.05) is 20.1 Å². The molecule has 2 rings (SSSR count). The molecule has 1 aliphatic rings. The number of carboxylic acid groups (broad SMARTS) is 1. The van der Waals surface area contributed by atoms with E-state index in [1.54, 1.807) is 7.05 Å². The van der Waals surface area contributed by atoms with Crippen molar-refractivity contribution >= 4 is 11.9 Å². The minimum Gasteiger partial charge on any atom is -0.480 e. The van der Waals surface area contributed by atoms with Gasteiger partial charge in [0.2, 0.25) is 5.91 Å². The quantitative estimate of drug-likeness (QED) is 0.891. The number of piperidine rings is 1. The SMILES string of the molecule is CN(CC(=O)O)C(=O)[C@H]1CCCN(Cc2ccccc2)C1. The average molecular weight is 290 g/mol. The van der Waals surface area contributed by atoms with Gasteiger partial charge in [-0.2, -0.15) is 0 Å². The molecule has 21 heavy (non-hydrogen) atoms. The van der Waals surface area contributed by atoms with Crippen LogP contribution in [0, 0.1) is 5.92 Å². The van der Waals surface area contributed by atoms with Gasteiger partial charge in [-0.3, -0.25) is 14.5 Å². The van der Waals surface area contributed by atoms with Crippen LogP contribution in [-0.2, 0) is 16.1 Å². The lowest BCUT2D eigenvalue weighted by Crippen LogP contribution is -2.44. The second kappa shape index (κ2) is 7.22. The molecule has 1 saturated heterocycles. The van der Waals surface area contributed by atoms with Crippen LogP contribution in [0.4, 0.5) is 0 Å². The number of likely N-dealkylation sites (tertiary alicyclic amines) is 1. The molecule has 0 radical (unpaired) electrons. The largest absolute Gasteiger partial charge is 0.480 e. The molecule has 0 bridgehead atoms. The zero-order chi connectivity index (χ0) is 15.2. The van der Waals surface area contributed by atoms with Gasteiger partial charge < -0.3 is 10.0 Å². The molecule has 114 valence electrons. The van der Waals surface area contributed by atoms with E-state index >= 15 is 0 Å². The topological polar surface area (TPSA) is 60.9 Å². The maximum absolute atomic E-state index is 12.3. The first-order valence-corrected chi connectivity index (χ1v) is 7.29. The van der Waals surface area contributed by atoms with Gasteiger partial charge in [-0.05, 0) is 24.9 Å². The number of carbonyl (C=O) groups excluding carboxylic acids is 1. The van der Waals surface area contributed by atoms with Crippen LogP contribution in [0.2, 0.25) is 0 Å². The predicted molar refractivity (Wildman–Crippen MR) is 79.7 cm³/mol. The third kappa shape index (κ3) is 4.56. The number of hydrogen-bond acceptors (Lipinski definition) is 3. The highest BCUT2D eigenvalue weighted by Gasteiger charge is 2.28. The normalized spacial score (nSPS) is 19.2. The van der Waals surface area contributed by atoms with Crippen molar-refractivity contribution in [3.63, 3.8) is 0 Å². The van der Waals surface area contributed by atoms with E-state index in [4.69, 9.17) is 5.11 Å². The van der Waals surface area contributed by atoms with Gasteiger partial charge in [-0.25, -0.2) is 0 Å². The minimum atomic E-state index is -0.970. The molecule has 1 fully saturated rings. The highest BCUT2D eigenvalue weighted by Crippen LogP contribution is 2.20. The molecule has 1 aromatic rings. The van der Waals surface area contributed by atoms with Gasteiger partial charge in [-0.15, -0.1) is 0 Å². The molecular weight excluding hydrogens is 268 g/mol. The van der Waals surface area contributed by atoms with Crippen LogP contribution in [-0.4, -0.2) is 53.5 Å². The maximum Gasteiger partial charge on any atom is 0.323 e. The third-order valence-electron chi connectivity index (χ3n) is 3.85. The number of hydrogen-bond donors (Lipinski definition) is 1. The number of benzene rings is 1. The van der Waals surface area contributed by atoms with E-state index in [1.165, 1.54) is 10.5 Å². The summed E-state index contributed by atoms with van der Waals surface area (Å²) in [6, 6.07) is 10.2. The molecule has 5 nitrogen and oxygen atoms in total. The van der Waals surface area contributed by atoms with Gasteiger partial charge in [0.25, 0.3) is 0 Å². The fraction of sp³-hybridized carbons (Fsp3) is 0.500. The molecule has 0 saturated carbocycles. The monoisotopic (exact) mass is 290 g/mol. The van der Waals surface area contributed by atoms with E-state index in [-0.39, 0.29) is 18.4 Å². The average Bonchev–Trinajstić information content (AvgIpc) is 2.47. The van der Waals surface area contributed by atoms with E-state index in [9.17, 15) is 9.59 Å². The molecule has 0 aromatic heterocycles. The zero-order valence-electron chi connectivity index (χ0n) is 12.4. The molecule has 0 aliphatic carbocycles. The Labute approximate surface area is 125 Å². The maximum atomic E-state index is 12.3. The molecule has 1 aromatic carbocycles. The highest BCUT2D eigenvalue weighted by molar-refractivity contribution is 5.83. The van der Waals surface area contributed by atoms with Crippen LogP contribution in [0.1, 0.15) is 18.4 Å². The first-order chi connectivity index (χ1) is 10.1. The number of likely N-dealkylation sites (N-methyl/N-ethyl adjacent to an activating group) is 1. The van der Waals surface area contributed by atoms with Crippen LogP contribution in [0.25, 0.3) is 0 Å². The van der Waals surface area contributed by atoms with E-state index in [0.717, 1.165) is 25.9 Å². The summed E-state index contributed by atoms with van der Waals surface area (Å²) in [4.78, 5) is 26.6. The Morgan fingerprint density at radius 3 is 2.71 bits per heavy atom. The van der Waals surface area contributed by atoms with Gasteiger partial charge in [0.15, 0.2) is 0 Å². The van der Waals surface area contributed by atoms with Gasteiger partial charge in [-0.1, -0.05) is 30.3 Å². The molecular formula is C16H22N2O3. The summed E-state index contributed by atoms with van der Waals surface area (Å²) in [5, 5.41) is 8.77. The third-order valence-corrected chi connectivity index (χ3v) is 3.85. The lowest BCUT2D eigenvalue weighted by molar-refractivity contribution is -0.146. The highest BCUT2D eigenvalue weighted by atomic mass is 16.4. The number of nitrogens with zero attached hydrogens (tertiary/aromatic N) is 2. The van der Waals surface area contributed by atoms with E-state index in [2.05, 4.69) is 17.0 Å². The van der Waals surface area contributed by atoms with Crippen LogP contribution >= 0.6 is 0 Å². The Balaban J connectivity index is 1.91. The number of aliphatic carboxylic acids is 1. The van der Waals surface area contributed by atoms with Crippen molar-refractivity contribution in [2.45, 2.75) is 19.4 Å². The lowest BCUT2D eigenvalue weighted by Gasteiger charge is -2.33. The standard InChI is InChI=1S/C16H22N2O3/c1-17(12-15(19)20)16(21)14-8-5-9-18(11-14)10-13-6-3-2-4-7-13/h2-4,6-7,14H,5,8-12H2,1H3,(H,19,20)/t14-/m0/s1. The van der Waals surface area contributed by atoms with Crippen molar-refractivity contribution in [2.24, 2.45) is 5.92 Å². The molecule has 1 atom stereocenters. The second-order valence-corrected chi connectivity index (χ2v) is 5.65. The molecule has 1 N–H and O–H groups in total. The molecule has 1 heterocycles. The van der Waals surface area contributed by atoms with Gasteiger partial charge >= 0.3 is 5.97 Å². The summed E-state index contributed by atoms with van der Waals surface area (Å²) in [5.41, 5.74) is 1.24. The summed E-state index contributed by atoms with van der Waals surface area (Å²) in [5.74, 6) is -1.12. The van der Waals surface area contributed by atoms with Crippen molar-refractivity contribution in [1.82, 2.24) is 9.80 Å². The van der Waals surface area contributed by atoms with Crippen molar-refractivity contribution in [3.8, 4) is 0 Å². The minimum absolute atomic E-state index is 0.0600. The van der Waals surface area contributed by atoms with Crippen molar-refractivity contribution in [3.05, 3.63) is 35.9 Å². The van der Waals surface area contributed by atoms with Crippen LogP contribution in [0.5, 0.6) is 0 Å². The summed E-state index contributed by atoms with van der Waals surface area (Å²) in [6.07, 6.45) is 1.82. The molecule has 1 amide bonds. The predicted octanol–water partition coefficient (Wildman–Crippen LogP) is 1.44. The van der Waals surface area contributed by atoms with E-state index in [1.807, 2.05) is 18.2 Å². The van der Waals surface area contributed by atoms with Crippen LogP contribution in [0.3, 0.4) is 0 Å². The molecule has 1 aliphatic heterocycles. The first-order valence-electron chi connectivity index (χ1n) is 7.29. The number of carboxylic acids is 1. The first kappa shape index (κ1) is 15.5. The molecule has 0 spiro atoms. The Morgan fingerprint density at radius 1 is 1.33 bits per heavy atom. The van der Waals surface area contributed by atoms with Crippen molar-refractivity contribution in [1.29, 1.82) is 0 Å². The lowest BCUT2D eigenvalue weighted by atomic mass is 9.96. The van der Waals surface area contributed by atoms with E-state index in [0.29, 0.717) is 6.54 Å². The Kier molecular flexibility index (Phi) is 5.33.